The zero-order valence-electron chi connectivity index (χ0n) is 14.3. The van der Waals surface area contributed by atoms with Gasteiger partial charge in [-0.3, -0.25) is 20.4 Å². The number of carbonyl (C=O) groups is 2. The Bertz CT molecular complexity index is 736. The first-order valence-electron chi connectivity index (χ1n) is 7.79. The van der Waals surface area contributed by atoms with Gasteiger partial charge in [-0.15, -0.1) is 0 Å². The van der Waals surface area contributed by atoms with Crippen molar-refractivity contribution in [3.63, 3.8) is 0 Å². The summed E-state index contributed by atoms with van der Waals surface area (Å²) in [5.74, 6) is -0.0920. The highest BCUT2D eigenvalue weighted by atomic mass is 16.5. The number of hydrazine groups is 1. The number of amides is 2. The van der Waals surface area contributed by atoms with Crippen LogP contribution >= 0.6 is 0 Å². The van der Waals surface area contributed by atoms with Crippen LogP contribution in [0.1, 0.15) is 34.0 Å². The Balaban J connectivity index is 1.95. The van der Waals surface area contributed by atoms with Crippen LogP contribution in [0.3, 0.4) is 0 Å². The third kappa shape index (κ3) is 4.13. The van der Waals surface area contributed by atoms with Crippen molar-refractivity contribution in [3.05, 3.63) is 64.7 Å². The molecule has 0 aromatic heterocycles. The molecule has 0 spiro atoms. The number of para-hydroxylation sites is 1. The van der Waals surface area contributed by atoms with Crippen molar-refractivity contribution in [2.75, 3.05) is 0 Å². The van der Waals surface area contributed by atoms with Crippen molar-refractivity contribution in [2.24, 2.45) is 0 Å². The molecule has 0 unspecified atom stereocenters. The number of ether oxygens (including phenoxy) is 1. The number of hydrogen-bond donors (Lipinski definition) is 2. The number of hydrogen-bond acceptors (Lipinski definition) is 3. The van der Waals surface area contributed by atoms with E-state index in [-0.39, 0.29) is 5.91 Å². The zero-order valence-corrected chi connectivity index (χ0v) is 14.3. The van der Waals surface area contributed by atoms with Gasteiger partial charge in [0.25, 0.3) is 11.8 Å². The molecular formula is C19H22N2O3. The lowest BCUT2D eigenvalue weighted by atomic mass is 10.1. The van der Waals surface area contributed by atoms with Crippen molar-refractivity contribution < 1.29 is 14.3 Å². The Labute approximate surface area is 142 Å². The molecule has 0 aliphatic carbocycles. The maximum Gasteiger partial charge on any atom is 0.279 e. The van der Waals surface area contributed by atoms with Crippen LogP contribution in [0.4, 0.5) is 0 Å². The standard InChI is InChI=1S/C19H22N2O3/c1-12-8-5-6-11-16(12)19(23)21-20-18(22)15(4)24-17-13(2)9-7-10-14(17)3/h5-11,15H,1-4H3,(H,20,22)(H,21,23)/t15-/m0/s1. The summed E-state index contributed by atoms with van der Waals surface area (Å²) >= 11 is 0. The van der Waals surface area contributed by atoms with Crippen molar-refractivity contribution in [1.29, 1.82) is 0 Å². The summed E-state index contributed by atoms with van der Waals surface area (Å²) in [4.78, 5) is 24.2. The van der Waals surface area contributed by atoms with Crippen LogP contribution in [0.25, 0.3) is 0 Å². The van der Waals surface area contributed by atoms with E-state index in [0.29, 0.717) is 11.3 Å². The summed E-state index contributed by atoms with van der Waals surface area (Å²) in [6, 6.07) is 12.9. The van der Waals surface area contributed by atoms with Crippen molar-refractivity contribution in [3.8, 4) is 5.75 Å². The van der Waals surface area contributed by atoms with Crippen LogP contribution in [-0.4, -0.2) is 17.9 Å². The maximum absolute atomic E-state index is 12.1. The van der Waals surface area contributed by atoms with Gasteiger partial charge in [0.15, 0.2) is 6.10 Å². The second-order valence-electron chi connectivity index (χ2n) is 5.74. The fraction of sp³-hybridized carbons (Fsp3) is 0.263. The molecule has 0 aliphatic heterocycles. The van der Waals surface area contributed by atoms with Gasteiger partial charge >= 0.3 is 0 Å². The molecule has 0 saturated carbocycles. The van der Waals surface area contributed by atoms with E-state index < -0.39 is 12.0 Å². The van der Waals surface area contributed by atoms with Gasteiger partial charge in [0.1, 0.15) is 5.75 Å². The minimum absolute atomic E-state index is 0.360. The molecule has 0 aliphatic rings. The van der Waals surface area contributed by atoms with Gasteiger partial charge in [-0.1, -0.05) is 36.4 Å². The summed E-state index contributed by atoms with van der Waals surface area (Å²) in [7, 11) is 0. The van der Waals surface area contributed by atoms with E-state index in [1.54, 1.807) is 19.1 Å². The van der Waals surface area contributed by atoms with Gasteiger partial charge in [-0.2, -0.15) is 0 Å². The minimum Gasteiger partial charge on any atom is -0.480 e. The van der Waals surface area contributed by atoms with Gasteiger partial charge in [-0.25, -0.2) is 0 Å². The Morgan fingerprint density at radius 3 is 2.08 bits per heavy atom. The third-order valence-electron chi connectivity index (χ3n) is 3.76. The molecule has 0 saturated heterocycles. The fourth-order valence-corrected chi connectivity index (χ4v) is 2.33. The first-order valence-corrected chi connectivity index (χ1v) is 7.79. The molecule has 2 N–H and O–H groups in total. The topological polar surface area (TPSA) is 67.4 Å². The first kappa shape index (κ1) is 17.5. The Morgan fingerprint density at radius 2 is 1.46 bits per heavy atom. The lowest BCUT2D eigenvalue weighted by Gasteiger charge is -2.18. The van der Waals surface area contributed by atoms with Crippen molar-refractivity contribution >= 4 is 11.8 Å². The summed E-state index contributed by atoms with van der Waals surface area (Å²) in [6.45, 7) is 7.32. The largest absolute Gasteiger partial charge is 0.480 e. The van der Waals surface area contributed by atoms with Crippen LogP contribution in [0, 0.1) is 20.8 Å². The van der Waals surface area contributed by atoms with E-state index in [9.17, 15) is 9.59 Å². The molecule has 2 rings (SSSR count). The van der Waals surface area contributed by atoms with Gasteiger partial charge in [0.05, 0.1) is 0 Å². The molecule has 5 nitrogen and oxygen atoms in total. The molecule has 2 aromatic rings. The number of benzene rings is 2. The second-order valence-corrected chi connectivity index (χ2v) is 5.74. The minimum atomic E-state index is -0.734. The molecule has 0 fully saturated rings. The van der Waals surface area contributed by atoms with Crippen LogP contribution in [-0.2, 0) is 4.79 Å². The molecule has 2 amide bonds. The Hall–Kier alpha value is -2.82. The number of nitrogens with one attached hydrogen (secondary N) is 2. The summed E-state index contributed by atoms with van der Waals surface area (Å²) in [5.41, 5.74) is 8.09. The average Bonchev–Trinajstić information content (AvgIpc) is 2.56. The van der Waals surface area contributed by atoms with E-state index in [1.807, 2.05) is 51.1 Å². The third-order valence-corrected chi connectivity index (χ3v) is 3.76. The molecule has 2 aromatic carbocycles. The first-order chi connectivity index (χ1) is 11.4. The van der Waals surface area contributed by atoms with Gasteiger partial charge in [0.2, 0.25) is 0 Å². The maximum atomic E-state index is 12.1. The summed E-state index contributed by atoms with van der Waals surface area (Å²) in [5, 5.41) is 0. The highest BCUT2D eigenvalue weighted by Crippen LogP contribution is 2.23. The lowest BCUT2D eigenvalue weighted by molar-refractivity contribution is -0.128. The van der Waals surface area contributed by atoms with Gasteiger partial charge in [0, 0.05) is 5.56 Å². The van der Waals surface area contributed by atoms with Crippen LogP contribution in [0.15, 0.2) is 42.5 Å². The smallest absolute Gasteiger partial charge is 0.279 e. The molecule has 1 atom stereocenters. The Morgan fingerprint density at radius 1 is 0.875 bits per heavy atom. The van der Waals surface area contributed by atoms with Gasteiger partial charge < -0.3 is 4.74 Å². The zero-order chi connectivity index (χ0) is 17.7. The predicted octanol–water partition coefficient (Wildman–Crippen LogP) is 2.84. The van der Waals surface area contributed by atoms with Gasteiger partial charge in [-0.05, 0) is 50.5 Å². The molecule has 0 bridgehead atoms. The van der Waals surface area contributed by atoms with E-state index in [2.05, 4.69) is 10.9 Å². The van der Waals surface area contributed by atoms with Crippen molar-refractivity contribution in [2.45, 2.75) is 33.8 Å². The summed E-state index contributed by atoms with van der Waals surface area (Å²) < 4.78 is 5.74. The molecule has 126 valence electrons. The SMILES string of the molecule is Cc1ccccc1C(=O)NNC(=O)[C@H](C)Oc1c(C)cccc1C. The average molecular weight is 326 g/mol. The molecule has 0 radical (unpaired) electrons. The number of carbonyl (C=O) groups excluding carboxylic acids is 2. The monoisotopic (exact) mass is 326 g/mol. The predicted molar refractivity (Wildman–Crippen MR) is 92.8 cm³/mol. The summed E-state index contributed by atoms with van der Waals surface area (Å²) in [6.07, 6.45) is -0.734. The fourth-order valence-electron chi connectivity index (χ4n) is 2.33. The van der Waals surface area contributed by atoms with Crippen LogP contribution < -0.4 is 15.6 Å². The lowest BCUT2D eigenvalue weighted by Crippen LogP contribution is -2.47. The van der Waals surface area contributed by atoms with Crippen LogP contribution in [0.5, 0.6) is 5.75 Å². The Kier molecular flexibility index (Phi) is 5.58. The van der Waals surface area contributed by atoms with Crippen molar-refractivity contribution in [1.82, 2.24) is 10.9 Å². The van der Waals surface area contributed by atoms with E-state index in [1.165, 1.54) is 0 Å². The normalized spacial score (nSPS) is 11.5. The molecular weight excluding hydrogens is 304 g/mol. The van der Waals surface area contributed by atoms with E-state index in [4.69, 9.17) is 4.74 Å². The van der Waals surface area contributed by atoms with E-state index in [0.717, 1.165) is 16.7 Å². The second kappa shape index (κ2) is 7.64. The highest BCUT2D eigenvalue weighted by Gasteiger charge is 2.18. The number of rotatable bonds is 4. The highest BCUT2D eigenvalue weighted by molar-refractivity contribution is 5.96. The molecule has 24 heavy (non-hydrogen) atoms. The molecule has 0 heterocycles. The quantitative estimate of drug-likeness (QED) is 0.849. The number of aryl methyl sites for hydroxylation is 3. The molecule has 5 heteroatoms. The van der Waals surface area contributed by atoms with E-state index >= 15 is 0 Å². The van der Waals surface area contributed by atoms with Crippen LogP contribution in [0.2, 0.25) is 0 Å².